The Balaban J connectivity index is 1.93. The van der Waals surface area contributed by atoms with E-state index < -0.39 is 0 Å². The summed E-state index contributed by atoms with van der Waals surface area (Å²) in [4.78, 5) is 5.23. The molecule has 0 bridgehead atoms. The summed E-state index contributed by atoms with van der Waals surface area (Å²) >= 11 is 0. The number of nitrogens with zero attached hydrogens (tertiary/aromatic N) is 2. The van der Waals surface area contributed by atoms with E-state index in [9.17, 15) is 10.2 Å². The average Bonchev–Trinajstić information content (AvgIpc) is 2.35. The molecule has 0 amide bonds. The second-order valence-electron chi connectivity index (χ2n) is 11.4. The smallest absolute Gasteiger partial charge is 0.0575 e. The van der Waals surface area contributed by atoms with Crippen LogP contribution in [0.5, 0.6) is 0 Å². The number of piperidine rings is 2. The standard InChI is InChI=1S/C22H44N2O2/c1-19(2)13-17(25)14-20(3,4)23(19)11-9-10-12-24-21(5,6)15-18(26)16-22(24,7)8/h17-18,25-26H,9-16H2,1-8H3. The maximum absolute atomic E-state index is 10.2. The van der Waals surface area contributed by atoms with Gasteiger partial charge in [-0.05, 0) is 107 Å². The number of aliphatic hydroxyl groups excluding tert-OH is 2. The van der Waals surface area contributed by atoms with E-state index in [4.69, 9.17) is 0 Å². The largest absolute Gasteiger partial charge is 0.393 e. The highest BCUT2D eigenvalue weighted by Gasteiger charge is 2.45. The lowest BCUT2D eigenvalue weighted by atomic mass is 9.77. The van der Waals surface area contributed by atoms with Gasteiger partial charge in [0.1, 0.15) is 0 Å². The number of likely N-dealkylation sites (tertiary alicyclic amines) is 2. The summed E-state index contributed by atoms with van der Waals surface area (Å²) in [5.41, 5.74) is 0.202. The van der Waals surface area contributed by atoms with Crippen molar-refractivity contribution in [3.05, 3.63) is 0 Å². The van der Waals surface area contributed by atoms with Crippen molar-refractivity contribution in [2.45, 2.75) is 128 Å². The Kier molecular flexibility index (Phi) is 6.25. The summed E-state index contributed by atoms with van der Waals surface area (Å²) < 4.78 is 0. The second kappa shape index (κ2) is 7.35. The molecule has 2 aliphatic heterocycles. The van der Waals surface area contributed by atoms with Gasteiger partial charge in [0, 0.05) is 22.2 Å². The summed E-state index contributed by atoms with van der Waals surface area (Å²) in [5, 5.41) is 20.4. The predicted octanol–water partition coefficient (Wildman–Crippen LogP) is 3.79. The van der Waals surface area contributed by atoms with Crippen LogP contribution in [0.15, 0.2) is 0 Å². The Labute approximate surface area is 161 Å². The topological polar surface area (TPSA) is 46.9 Å². The van der Waals surface area contributed by atoms with E-state index >= 15 is 0 Å². The zero-order valence-electron chi connectivity index (χ0n) is 18.6. The van der Waals surface area contributed by atoms with Crippen LogP contribution in [0.3, 0.4) is 0 Å². The fraction of sp³-hybridized carbons (Fsp3) is 1.00. The summed E-state index contributed by atoms with van der Waals surface area (Å²) in [7, 11) is 0. The third kappa shape index (κ3) is 4.81. The van der Waals surface area contributed by atoms with Crippen LogP contribution in [0.2, 0.25) is 0 Å². The zero-order valence-corrected chi connectivity index (χ0v) is 18.6. The molecule has 2 aliphatic rings. The van der Waals surface area contributed by atoms with Gasteiger partial charge in [0.25, 0.3) is 0 Å². The van der Waals surface area contributed by atoms with Crippen molar-refractivity contribution in [2.75, 3.05) is 13.1 Å². The Morgan fingerprint density at radius 2 is 0.808 bits per heavy atom. The fourth-order valence-corrected chi connectivity index (χ4v) is 6.28. The number of rotatable bonds is 5. The third-order valence-corrected chi connectivity index (χ3v) is 6.88. The second-order valence-corrected chi connectivity index (χ2v) is 11.4. The molecule has 154 valence electrons. The molecule has 2 saturated heterocycles. The van der Waals surface area contributed by atoms with Gasteiger partial charge in [0.05, 0.1) is 12.2 Å². The number of hydrogen-bond acceptors (Lipinski definition) is 4. The van der Waals surface area contributed by atoms with E-state index in [2.05, 4.69) is 65.2 Å². The minimum absolute atomic E-state index is 0.0505. The Morgan fingerprint density at radius 3 is 1.04 bits per heavy atom. The molecule has 0 saturated carbocycles. The van der Waals surface area contributed by atoms with E-state index in [1.807, 2.05) is 0 Å². The Hall–Kier alpha value is -0.160. The van der Waals surface area contributed by atoms with Crippen molar-refractivity contribution in [1.82, 2.24) is 9.80 Å². The molecule has 2 rings (SSSR count). The zero-order chi connectivity index (χ0) is 20.0. The first-order valence-electron chi connectivity index (χ1n) is 10.6. The van der Waals surface area contributed by atoms with Crippen molar-refractivity contribution in [1.29, 1.82) is 0 Å². The maximum Gasteiger partial charge on any atom is 0.0575 e. The third-order valence-electron chi connectivity index (χ3n) is 6.88. The van der Waals surface area contributed by atoms with Gasteiger partial charge in [-0.3, -0.25) is 9.80 Å². The van der Waals surface area contributed by atoms with Crippen molar-refractivity contribution in [2.24, 2.45) is 0 Å². The molecule has 2 heterocycles. The average molecular weight is 369 g/mol. The van der Waals surface area contributed by atoms with Crippen LogP contribution in [0, 0.1) is 0 Å². The molecule has 0 aromatic heterocycles. The molecule has 0 atom stereocenters. The van der Waals surface area contributed by atoms with E-state index in [1.165, 1.54) is 12.8 Å². The molecule has 0 aromatic rings. The first-order valence-corrected chi connectivity index (χ1v) is 10.6. The molecule has 26 heavy (non-hydrogen) atoms. The Bertz CT molecular complexity index is 405. The lowest BCUT2D eigenvalue weighted by Gasteiger charge is -2.55. The van der Waals surface area contributed by atoms with Gasteiger partial charge in [-0.1, -0.05) is 0 Å². The van der Waals surface area contributed by atoms with Gasteiger partial charge in [-0.2, -0.15) is 0 Å². The first kappa shape index (κ1) is 22.1. The summed E-state index contributed by atoms with van der Waals surface area (Å²) in [5.74, 6) is 0. The van der Waals surface area contributed by atoms with E-state index in [1.54, 1.807) is 0 Å². The van der Waals surface area contributed by atoms with Gasteiger partial charge in [0.2, 0.25) is 0 Å². The van der Waals surface area contributed by atoms with Crippen LogP contribution in [0.4, 0.5) is 0 Å². The predicted molar refractivity (Wildman–Crippen MR) is 109 cm³/mol. The van der Waals surface area contributed by atoms with E-state index in [0.29, 0.717) is 0 Å². The van der Waals surface area contributed by atoms with Gasteiger partial charge in [0.15, 0.2) is 0 Å². The molecule has 0 aromatic carbocycles. The van der Waals surface area contributed by atoms with Crippen molar-refractivity contribution in [3.63, 3.8) is 0 Å². The van der Waals surface area contributed by atoms with Crippen molar-refractivity contribution in [3.8, 4) is 0 Å². The molecule has 0 spiro atoms. The van der Waals surface area contributed by atoms with E-state index in [-0.39, 0.29) is 34.4 Å². The lowest BCUT2D eigenvalue weighted by Crippen LogP contribution is -2.62. The van der Waals surface area contributed by atoms with Crippen LogP contribution >= 0.6 is 0 Å². The Morgan fingerprint density at radius 1 is 0.577 bits per heavy atom. The minimum Gasteiger partial charge on any atom is -0.393 e. The number of unbranched alkanes of at least 4 members (excludes halogenated alkanes) is 1. The molecular formula is C22H44N2O2. The SMILES string of the molecule is CC1(C)CC(O)CC(C)(C)N1CCCCN1C(C)(C)CC(O)CC1(C)C. The molecule has 0 unspecified atom stereocenters. The normalized spacial score (nSPS) is 29.8. The molecule has 0 radical (unpaired) electrons. The van der Waals surface area contributed by atoms with Crippen LogP contribution < -0.4 is 0 Å². The summed E-state index contributed by atoms with van der Waals surface area (Å²) in [6, 6.07) is 0. The molecule has 2 fully saturated rings. The lowest BCUT2D eigenvalue weighted by molar-refractivity contribution is -0.0889. The van der Waals surface area contributed by atoms with Crippen LogP contribution in [-0.4, -0.2) is 67.5 Å². The van der Waals surface area contributed by atoms with E-state index in [0.717, 1.165) is 38.8 Å². The van der Waals surface area contributed by atoms with Crippen LogP contribution in [0.25, 0.3) is 0 Å². The quantitative estimate of drug-likeness (QED) is 0.725. The van der Waals surface area contributed by atoms with Crippen molar-refractivity contribution >= 4 is 0 Å². The highest BCUT2D eigenvalue weighted by atomic mass is 16.3. The maximum atomic E-state index is 10.2. The van der Waals surface area contributed by atoms with Gasteiger partial charge < -0.3 is 10.2 Å². The molecular weight excluding hydrogens is 324 g/mol. The minimum atomic E-state index is -0.183. The van der Waals surface area contributed by atoms with Crippen molar-refractivity contribution < 1.29 is 10.2 Å². The van der Waals surface area contributed by atoms with Crippen LogP contribution in [0.1, 0.15) is 93.9 Å². The van der Waals surface area contributed by atoms with Gasteiger partial charge in [-0.15, -0.1) is 0 Å². The molecule has 0 aliphatic carbocycles. The first-order chi connectivity index (χ1) is 11.7. The van der Waals surface area contributed by atoms with Gasteiger partial charge in [-0.25, -0.2) is 0 Å². The highest BCUT2D eigenvalue weighted by molar-refractivity contribution is 5.01. The molecule has 4 heteroatoms. The number of hydrogen-bond donors (Lipinski definition) is 2. The molecule has 4 nitrogen and oxygen atoms in total. The summed E-state index contributed by atoms with van der Waals surface area (Å²) in [6.45, 7) is 20.4. The number of aliphatic hydroxyl groups is 2. The monoisotopic (exact) mass is 368 g/mol. The highest BCUT2D eigenvalue weighted by Crippen LogP contribution is 2.40. The fourth-order valence-electron chi connectivity index (χ4n) is 6.28. The molecule has 2 N–H and O–H groups in total. The van der Waals surface area contributed by atoms with Gasteiger partial charge >= 0.3 is 0 Å². The summed E-state index contributed by atoms with van der Waals surface area (Å²) in [6.07, 6.45) is 5.43. The van der Waals surface area contributed by atoms with Crippen LogP contribution in [-0.2, 0) is 0 Å².